The number of amidine groups is 1. The minimum Gasteiger partial charge on any atom is -0.394 e. The monoisotopic (exact) mass is 288 g/mol. The summed E-state index contributed by atoms with van der Waals surface area (Å²) in [5.74, 6) is 0.372. The van der Waals surface area contributed by atoms with Crippen molar-refractivity contribution in [2.75, 3.05) is 26.2 Å². The Morgan fingerprint density at radius 3 is 3.00 bits per heavy atom. The number of nitrogens with zero attached hydrogens (tertiary/aromatic N) is 3. The summed E-state index contributed by atoms with van der Waals surface area (Å²) in [4.78, 5) is 11.8. The average molecular weight is 288 g/mol. The minimum atomic E-state index is 0.372. The third-order valence-electron chi connectivity index (χ3n) is 3.46. The molecule has 5 heteroatoms. The van der Waals surface area contributed by atoms with Crippen LogP contribution >= 0.6 is 0 Å². The Morgan fingerprint density at radius 2 is 2.24 bits per heavy atom. The summed E-state index contributed by atoms with van der Waals surface area (Å²) in [7, 11) is 0. The first-order valence-corrected chi connectivity index (χ1v) is 7.60. The van der Waals surface area contributed by atoms with Gasteiger partial charge in [-0.05, 0) is 56.1 Å². The molecule has 1 aromatic heterocycles. The van der Waals surface area contributed by atoms with E-state index >= 15 is 0 Å². The maximum absolute atomic E-state index is 5.75. The van der Waals surface area contributed by atoms with Crippen LogP contribution in [0, 0.1) is 0 Å². The van der Waals surface area contributed by atoms with E-state index in [9.17, 15) is 0 Å². The summed E-state index contributed by atoms with van der Waals surface area (Å²) in [5.41, 5.74) is 6.74. The lowest BCUT2D eigenvalue weighted by atomic mass is 10.1. The second kappa shape index (κ2) is 9.13. The van der Waals surface area contributed by atoms with Crippen LogP contribution in [-0.2, 0) is 4.84 Å². The Labute approximate surface area is 126 Å². The molecule has 2 N–H and O–H groups in total. The third kappa shape index (κ3) is 6.40. The van der Waals surface area contributed by atoms with Crippen molar-refractivity contribution in [2.45, 2.75) is 25.7 Å². The molecule has 114 valence electrons. The lowest BCUT2D eigenvalue weighted by molar-refractivity contribution is 0.124. The van der Waals surface area contributed by atoms with Gasteiger partial charge in [0.1, 0.15) is 6.61 Å². The predicted octanol–water partition coefficient (Wildman–Crippen LogP) is 2.26. The molecule has 1 saturated heterocycles. The van der Waals surface area contributed by atoms with E-state index in [1.165, 1.54) is 32.4 Å². The zero-order valence-electron chi connectivity index (χ0n) is 12.4. The quantitative estimate of drug-likeness (QED) is 0.362. The topological polar surface area (TPSA) is 63.7 Å². The fourth-order valence-electron chi connectivity index (χ4n) is 2.34. The molecule has 1 aromatic rings. The molecule has 1 aliphatic rings. The highest BCUT2D eigenvalue weighted by atomic mass is 16.6. The molecule has 2 rings (SSSR count). The third-order valence-corrected chi connectivity index (χ3v) is 3.46. The molecule has 0 unspecified atom stereocenters. The molecule has 0 saturated carbocycles. The smallest absolute Gasteiger partial charge is 0.162 e. The molecule has 1 fully saturated rings. The van der Waals surface area contributed by atoms with Gasteiger partial charge in [0, 0.05) is 18.9 Å². The number of aromatic nitrogens is 1. The second-order valence-corrected chi connectivity index (χ2v) is 5.22. The lowest BCUT2D eigenvalue weighted by Crippen LogP contribution is -2.31. The Bertz CT molecular complexity index is 453. The first-order valence-electron chi connectivity index (χ1n) is 7.60. The van der Waals surface area contributed by atoms with Crippen molar-refractivity contribution in [2.24, 2.45) is 10.9 Å². The highest BCUT2D eigenvalue weighted by Gasteiger charge is 2.08. The van der Waals surface area contributed by atoms with Crippen LogP contribution in [0.15, 0.2) is 35.8 Å². The van der Waals surface area contributed by atoms with Gasteiger partial charge in [0.15, 0.2) is 5.84 Å². The standard InChI is InChI=1S/C16H24N4O/c17-16(8-7-15-6-4-9-18-14-15)19-21-13-5-12-20-10-2-1-3-11-20/h4,6-9,14H,1-3,5,10-13H2,(H2,17,19). The van der Waals surface area contributed by atoms with Gasteiger partial charge in [0.05, 0.1) is 0 Å². The van der Waals surface area contributed by atoms with Crippen LogP contribution in [0.3, 0.4) is 0 Å². The van der Waals surface area contributed by atoms with Crippen LogP contribution in [0.2, 0.25) is 0 Å². The molecule has 21 heavy (non-hydrogen) atoms. The van der Waals surface area contributed by atoms with Crippen LogP contribution < -0.4 is 5.73 Å². The molecule has 0 aliphatic carbocycles. The van der Waals surface area contributed by atoms with Gasteiger partial charge in [-0.15, -0.1) is 0 Å². The highest BCUT2D eigenvalue weighted by Crippen LogP contribution is 2.08. The zero-order valence-corrected chi connectivity index (χ0v) is 12.4. The molecule has 0 amide bonds. The van der Waals surface area contributed by atoms with Crippen molar-refractivity contribution < 1.29 is 4.84 Å². The van der Waals surface area contributed by atoms with Gasteiger partial charge in [-0.3, -0.25) is 4.98 Å². The average Bonchev–Trinajstić information content (AvgIpc) is 2.54. The van der Waals surface area contributed by atoms with Gasteiger partial charge < -0.3 is 15.5 Å². The first kappa shape index (κ1) is 15.5. The van der Waals surface area contributed by atoms with Gasteiger partial charge in [0.2, 0.25) is 0 Å². The number of likely N-dealkylation sites (tertiary alicyclic amines) is 1. The van der Waals surface area contributed by atoms with Gasteiger partial charge in [0.25, 0.3) is 0 Å². The van der Waals surface area contributed by atoms with E-state index in [1.807, 2.05) is 18.2 Å². The molecule has 0 spiro atoms. The summed E-state index contributed by atoms with van der Waals surface area (Å²) in [6.45, 7) is 4.14. The van der Waals surface area contributed by atoms with E-state index in [0.29, 0.717) is 12.4 Å². The minimum absolute atomic E-state index is 0.372. The summed E-state index contributed by atoms with van der Waals surface area (Å²) in [6.07, 6.45) is 12.1. The Hall–Kier alpha value is -1.88. The largest absolute Gasteiger partial charge is 0.394 e. The Morgan fingerprint density at radius 1 is 1.38 bits per heavy atom. The number of pyridine rings is 1. The Kier molecular flexibility index (Phi) is 6.74. The molecule has 0 atom stereocenters. The number of rotatable bonds is 7. The summed E-state index contributed by atoms with van der Waals surface area (Å²) < 4.78 is 0. The van der Waals surface area contributed by atoms with E-state index < -0.39 is 0 Å². The van der Waals surface area contributed by atoms with Crippen molar-refractivity contribution in [3.05, 3.63) is 36.2 Å². The molecule has 2 heterocycles. The molecule has 0 aromatic carbocycles. The fourth-order valence-corrected chi connectivity index (χ4v) is 2.34. The van der Waals surface area contributed by atoms with E-state index in [0.717, 1.165) is 18.5 Å². The Balaban J connectivity index is 1.61. The maximum Gasteiger partial charge on any atom is 0.162 e. The van der Waals surface area contributed by atoms with Crippen LogP contribution in [0.25, 0.3) is 6.08 Å². The van der Waals surface area contributed by atoms with E-state index in [-0.39, 0.29) is 0 Å². The van der Waals surface area contributed by atoms with Gasteiger partial charge >= 0.3 is 0 Å². The first-order chi connectivity index (χ1) is 10.3. The fraction of sp³-hybridized carbons (Fsp3) is 0.500. The molecular formula is C16H24N4O. The summed E-state index contributed by atoms with van der Waals surface area (Å²) >= 11 is 0. The molecular weight excluding hydrogens is 264 g/mol. The molecule has 0 bridgehead atoms. The number of oxime groups is 1. The predicted molar refractivity (Wildman–Crippen MR) is 85.8 cm³/mol. The maximum atomic E-state index is 5.75. The van der Waals surface area contributed by atoms with E-state index in [2.05, 4.69) is 15.0 Å². The highest BCUT2D eigenvalue weighted by molar-refractivity contribution is 5.94. The zero-order chi connectivity index (χ0) is 14.8. The normalized spacial score (nSPS) is 17.2. The van der Waals surface area contributed by atoms with Crippen molar-refractivity contribution in [1.29, 1.82) is 0 Å². The number of piperidine rings is 1. The van der Waals surface area contributed by atoms with Crippen LogP contribution in [0.1, 0.15) is 31.2 Å². The number of hydrogen-bond acceptors (Lipinski definition) is 4. The van der Waals surface area contributed by atoms with Crippen LogP contribution in [0.5, 0.6) is 0 Å². The molecule has 0 radical (unpaired) electrons. The van der Waals surface area contributed by atoms with E-state index in [4.69, 9.17) is 10.6 Å². The van der Waals surface area contributed by atoms with Crippen molar-refractivity contribution in [3.63, 3.8) is 0 Å². The number of hydrogen-bond donors (Lipinski definition) is 1. The molecule has 5 nitrogen and oxygen atoms in total. The SMILES string of the molecule is NC(C=Cc1cccnc1)=NOCCCN1CCCCC1. The molecule has 1 aliphatic heterocycles. The van der Waals surface area contributed by atoms with Crippen molar-refractivity contribution in [3.8, 4) is 0 Å². The van der Waals surface area contributed by atoms with Gasteiger partial charge in [-0.2, -0.15) is 0 Å². The number of nitrogens with two attached hydrogens (primary N) is 1. The van der Waals surface area contributed by atoms with Crippen molar-refractivity contribution in [1.82, 2.24) is 9.88 Å². The van der Waals surface area contributed by atoms with Crippen LogP contribution in [0.4, 0.5) is 0 Å². The van der Waals surface area contributed by atoms with Gasteiger partial charge in [-0.25, -0.2) is 0 Å². The van der Waals surface area contributed by atoms with Gasteiger partial charge in [-0.1, -0.05) is 17.6 Å². The van der Waals surface area contributed by atoms with Crippen molar-refractivity contribution >= 4 is 11.9 Å². The summed E-state index contributed by atoms with van der Waals surface area (Å²) in [6, 6.07) is 3.83. The second-order valence-electron chi connectivity index (χ2n) is 5.22. The lowest BCUT2D eigenvalue weighted by Gasteiger charge is -2.25. The van der Waals surface area contributed by atoms with Crippen LogP contribution in [-0.4, -0.2) is 42.0 Å². The van der Waals surface area contributed by atoms with E-state index in [1.54, 1.807) is 18.5 Å². The summed E-state index contributed by atoms with van der Waals surface area (Å²) in [5, 5.41) is 3.89.